The highest BCUT2D eigenvalue weighted by molar-refractivity contribution is 6.20. The lowest BCUT2D eigenvalue weighted by atomic mass is 9.92. The van der Waals surface area contributed by atoms with E-state index in [4.69, 9.17) is 4.42 Å². The topological polar surface area (TPSA) is 16.4 Å². The fraction of sp³-hybridized carbons (Fsp3) is 0. The monoisotopic (exact) mass is 689 g/mol. The van der Waals surface area contributed by atoms with Crippen LogP contribution in [0.1, 0.15) is 0 Å². The Balaban J connectivity index is 1.22. The molecule has 0 aliphatic heterocycles. The minimum atomic E-state index is 0.844. The quantitative estimate of drug-likeness (QED) is 0.166. The van der Waals surface area contributed by atoms with E-state index in [0.717, 1.165) is 61.3 Å². The van der Waals surface area contributed by atoms with Crippen molar-refractivity contribution >= 4 is 49.8 Å². The standard InChI is InChI=1S/C52H35NO/c1-4-14-36(15-5-1)38-26-30-42(31-27-38)53(43-32-28-39(29-33-43)37-16-6-2-7-17-37)49-25-13-24-48-50-45(41-18-8-3-9-19-41)34-35-47(52(50)54-51(48)49)46-23-12-21-40-20-10-11-22-44(40)46/h1-35H. The first-order valence-electron chi connectivity index (χ1n) is 18.4. The van der Waals surface area contributed by atoms with Crippen molar-refractivity contribution in [1.29, 1.82) is 0 Å². The molecule has 0 unspecified atom stereocenters. The molecule has 10 aromatic rings. The Morgan fingerprint density at radius 1 is 0.296 bits per heavy atom. The summed E-state index contributed by atoms with van der Waals surface area (Å²) in [5, 5.41) is 4.60. The largest absolute Gasteiger partial charge is 0.453 e. The maximum absolute atomic E-state index is 7.25. The lowest BCUT2D eigenvalue weighted by Crippen LogP contribution is -2.10. The van der Waals surface area contributed by atoms with E-state index in [0.29, 0.717) is 0 Å². The van der Waals surface area contributed by atoms with Crippen LogP contribution in [-0.2, 0) is 0 Å². The summed E-state index contributed by atoms with van der Waals surface area (Å²) in [5.41, 5.74) is 14.1. The van der Waals surface area contributed by atoms with Crippen LogP contribution >= 0.6 is 0 Å². The summed E-state index contributed by atoms with van der Waals surface area (Å²) >= 11 is 0. The highest BCUT2D eigenvalue weighted by Gasteiger charge is 2.23. The lowest BCUT2D eigenvalue weighted by Gasteiger charge is -2.26. The third-order valence-electron chi connectivity index (χ3n) is 10.5. The molecular formula is C52H35NO. The van der Waals surface area contributed by atoms with Crippen molar-refractivity contribution in [3.8, 4) is 44.5 Å². The third kappa shape index (κ3) is 5.53. The Labute approximate surface area is 314 Å². The molecular weight excluding hydrogens is 655 g/mol. The minimum absolute atomic E-state index is 0.844. The van der Waals surface area contributed by atoms with Crippen LogP contribution in [0.15, 0.2) is 217 Å². The van der Waals surface area contributed by atoms with Gasteiger partial charge in [-0.25, -0.2) is 0 Å². The smallest absolute Gasteiger partial charge is 0.159 e. The molecule has 0 saturated heterocycles. The van der Waals surface area contributed by atoms with E-state index >= 15 is 0 Å². The summed E-state index contributed by atoms with van der Waals surface area (Å²) in [6.45, 7) is 0. The molecule has 10 rings (SSSR count). The van der Waals surface area contributed by atoms with E-state index in [1.165, 1.54) is 33.0 Å². The van der Waals surface area contributed by atoms with E-state index in [1.54, 1.807) is 0 Å². The Kier molecular flexibility index (Phi) is 7.85. The van der Waals surface area contributed by atoms with Crippen molar-refractivity contribution < 1.29 is 4.42 Å². The molecule has 0 N–H and O–H groups in total. The average Bonchev–Trinajstić information content (AvgIpc) is 3.65. The maximum atomic E-state index is 7.25. The van der Waals surface area contributed by atoms with Gasteiger partial charge in [0.1, 0.15) is 5.58 Å². The molecule has 0 aliphatic carbocycles. The number of benzene rings is 9. The van der Waals surface area contributed by atoms with E-state index in [1.807, 2.05) is 0 Å². The van der Waals surface area contributed by atoms with Crippen molar-refractivity contribution in [3.63, 3.8) is 0 Å². The molecule has 1 heterocycles. The molecule has 2 nitrogen and oxygen atoms in total. The zero-order valence-corrected chi connectivity index (χ0v) is 29.6. The van der Waals surface area contributed by atoms with E-state index in [-0.39, 0.29) is 0 Å². The first kappa shape index (κ1) is 31.6. The van der Waals surface area contributed by atoms with E-state index in [2.05, 4.69) is 217 Å². The predicted octanol–water partition coefficient (Wildman–Crippen LogP) is 14.9. The number of fused-ring (bicyclic) bond motifs is 4. The van der Waals surface area contributed by atoms with Gasteiger partial charge in [-0.3, -0.25) is 0 Å². The number of furan rings is 1. The number of rotatable bonds is 7. The molecule has 0 radical (unpaired) electrons. The normalized spacial score (nSPS) is 11.3. The molecule has 0 fully saturated rings. The molecule has 0 atom stereocenters. The first-order valence-corrected chi connectivity index (χ1v) is 18.4. The summed E-state index contributed by atoms with van der Waals surface area (Å²) in [7, 11) is 0. The fourth-order valence-electron chi connectivity index (χ4n) is 7.89. The first-order chi connectivity index (χ1) is 26.8. The van der Waals surface area contributed by atoms with Gasteiger partial charge in [-0.2, -0.15) is 0 Å². The molecule has 254 valence electrons. The Bertz CT molecular complexity index is 2800. The molecule has 9 aromatic carbocycles. The molecule has 0 bridgehead atoms. The van der Waals surface area contributed by atoms with Gasteiger partial charge in [0.05, 0.1) is 5.69 Å². The van der Waals surface area contributed by atoms with Crippen molar-refractivity contribution in [2.24, 2.45) is 0 Å². The Morgan fingerprint density at radius 3 is 1.41 bits per heavy atom. The zero-order valence-electron chi connectivity index (χ0n) is 29.6. The average molecular weight is 690 g/mol. The van der Waals surface area contributed by atoms with Crippen LogP contribution < -0.4 is 4.90 Å². The van der Waals surface area contributed by atoms with Crippen molar-refractivity contribution in [3.05, 3.63) is 212 Å². The van der Waals surface area contributed by atoms with Crippen LogP contribution in [0.25, 0.3) is 77.2 Å². The second-order valence-corrected chi connectivity index (χ2v) is 13.7. The second-order valence-electron chi connectivity index (χ2n) is 13.7. The van der Waals surface area contributed by atoms with Gasteiger partial charge in [-0.1, -0.05) is 176 Å². The van der Waals surface area contributed by atoms with Gasteiger partial charge in [0, 0.05) is 27.7 Å². The second kappa shape index (κ2) is 13.4. The van der Waals surface area contributed by atoms with E-state index in [9.17, 15) is 0 Å². The summed E-state index contributed by atoms with van der Waals surface area (Å²) in [6, 6.07) is 75.6. The van der Waals surface area contributed by atoms with E-state index < -0.39 is 0 Å². The number of anilines is 3. The fourth-order valence-corrected chi connectivity index (χ4v) is 7.89. The number of para-hydroxylation sites is 1. The number of nitrogens with zero attached hydrogens (tertiary/aromatic N) is 1. The van der Waals surface area contributed by atoms with Crippen LogP contribution in [0.3, 0.4) is 0 Å². The van der Waals surface area contributed by atoms with Crippen molar-refractivity contribution in [2.45, 2.75) is 0 Å². The summed E-state index contributed by atoms with van der Waals surface area (Å²) in [6.07, 6.45) is 0. The van der Waals surface area contributed by atoms with Crippen molar-refractivity contribution in [2.75, 3.05) is 4.90 Å². The van der Waals surface area contributed by atoms with Gasteiger partial charge in [0.2, 0.25) is 0 Å². The number of hydrogen-bond donors (Lipinski definition) is 0. The molecule has 0 spiro atoms. The summed E-state index contributed by atoms with van der Waals surface area (Å²) < 4.78 is 7.25. The molecule has 2 heteroatoms. The minimum Gasteiger partial charge on any atom is -0.453 e. The molecule has 0 saturated carbocycles. The highest BCUT2D eigenvalue weighted by atomic mass is 16.3. The van der Waals surface area contributed by atoms with Gasteiger partial charge in [-0.05, 0) is 86.1 Å². The molecule has 0 aliphatic rings. The summed E-state index contributed by atoms with van der Waals surface area (Å²) in [4.78, 5) is 2.33. The van der Waals surface area contributed by atoms with Crippen LogP contribution in [0.4, 0.5) is 17.1 Å². The van der Waals surface area contributed by atoms with Gasteiger partial charge in [0.15, 0.2) is 5.58 Å². The zero-order chi connectivity index (χ0) is 35.8. The van der Waals surface area contributed by atoms with Crippen LogP contribution in [0.5, 0.6) is 0 Å². The van der Waals surface area contributed by atoms with Crippen LogP contribution in [-0.4, -0.2) is 0 Å². The lowest BCUT2D eigenvalue weighted by molar-refractivity contribution is 0.670. The van der Waals surface area contributed by atoms with Gasteiger partial charge >= 0.3 is 0 Å². The molecule has 1 aromatic heterocycles. The Hall–Kier alpha value is -7.16. The van der Waals surface area contributed by atoms with Gasteiger partial charge < -0.3 is 9.32 Å². The van der Waals surface area contributed by atoms with Crippen molar-refractivity contribution in [1.82, 2.24) is 0 Å². The highest BCUT2D eigenvalue weighted by Crippen LogP contribution is 2.48. The third-order valence-corrected chi connectivity index (χ3v) is 10.5. The van der Waals surface area contributed by atoms with Crippen LogP contribution in [0.2, 0.25) is 0 Å². The Morgan fingerprint density at radius 2 is 0.778 bits per heavy atom. The van der Waals surface area contributed by atoms with Gasteiger partial charge in [-0.15, -0.1) is 0 Å². The molecule has 0 amide bonds. The predicted molar refractivity (Wildman–Crippen MR) is 228 cm³/mol. The van der Waals surface area contributed by atoms with Crippen LogP contribution in [0, 0.1) is 0 Å². The number of hydrogen-bond acceptors (Lipinski definition) is 2. The summed E-state index contributed by atoms with van der Waals surface area (Å²) in [5.74, 6) is 0. The SMILES string of the molecule is c1ccc(-c2ccc(N(c3ccc(-c4ccccc4)cc3)c3cccc4c3oc3c(-c5cccc6ccccc56)ccc(-c5ccccc5)c34)cc2)cc1. The maximum Gasteiger partial charge on any atom is 0.159 e. The molecule has 54 heavy (non-hydrogen) atoms. The van der Waals surface area contributed by atoms with Gasteiger partial charge in [0.25, 0.3) is 0 Å².